The van der Waals surface area contributed by atoms with E-state index >= 15 is 0 Å². The molecule has 2 heterocycles. The van der Waals surface area contributed by atoms with E-state index in [4.69, 9.17) is 9.72 Å². The first-order valence-corrected chi connectivity index (χ1v) is 10.3. The van der Waals surface area contributed by atoms with Gasteiger partial charge in [0, 0.05) is 29.4 Å². The summed E-state index contributed by atoms with van der Waals surface area (Å²) in [5, 5.41) is 4.98. The van der Waals surface area contributed by atoms with Crippen molar-refractivity contribution in [2.75, 3.05) is 7.11 Å². The predicted octanol–water partition coefficient (Wildman–Crippen LogP) is 4.55. The summed E-state index contributed by atoms with van der Waals surface area (Å²) < 4.78 is 7.17. The van der Waals surface area contributed by atoms with Gasteiger partial charge in [-0.3, -0.25) is 9.20 Å². The number of aryl methyl sites for hydroxylation is 2. The van der Waals surface area contributed by atoms with Gasteiger partial charge < -0.3 is 10.1 Å². The molecule has 0 bridgehead atoms. The zero-order valence-corrected chi connectivity index (χ0v) is 17.5. The van der Waals surface area contributed by atoms with Gasteiger partial charge in [-0.2, -0.15) is 0 Å². The maximum Gasteiger partial charge on any atom is 0.226 e. The number of hydrogen-bond donors (Lipinski definition) is 1. The van der Waals surface area contributed by atoms with E-state index in [1.54, 1.807) is 18.4 Å². The smallest absolute Gasteiger partial charge is 0.226 e. The van der Waals surface area contributed by atoms with Crippen molar-refractivity contribution >= 4 is 22.2 Å². The highest BCUT2D eigenvalue weighted by atomic mass is 32.1. The Hall–Kier alpha value is -3.12. The Morgan fingerprint density at radius 3 is 2.66 bits per heavy atom. The van der Waals surface area contributed by atoms with Crippen LogP contribution in [0.1, 0.15) is 22.4 Å². The molecule has 4 rings (SSSR count). The van der Waals surface area contributed by atoms with Crippen molar-refractivity contribution in [1.29, 1.82) is 0 Å². The van der Waals surface area contributed by atoms with Crippen LogP contribution in [0.3, 0.4) is 0 Å². The number of nitrogens with zero attached hydrogens (tertiary/aromatic N) is 2. The van der Waals surface area contributed by atoms with Crippen LogP contribution in [-0.2, 0) is 17.8 Å². The van der Waals surface area contributed by atoms with Crippen molar-refractivity contribution in [3.63, 3.8) is 0 Å². The second-order valence-electron chi connectivity index (χ2n) is 7.11. The van der Waals surface area contributed by atoms with Crippen LogP contribution in [0.2, 0.25) is 0 Å². The molecule has 0 aliphatic heterocycles. The molecule has 0 atom stereocenters. The minimum absolute atomic E-state index is 0.0121. The monoisotopic (exact) mass is 405 g/mol. The highest BCUT2D eigenvalue weighted by Crippen LogP contribution is 2.25. The van der Waals surface area contributed by atoms with Crippen LogP contribution in [-0.4, -0.2) is 22.4 Å². The predicted molar refractivity (Wildman–Crippen MR) is 117 cm³/mol. The molecule has 0 fully saturated rings. The van der Waals surface area contributed by atoms with Crippen LogP contribution in [0.4, 0.5) is 0 Å². The first-order valence-electron chi connectivity index (χ1n) is 9.46. The van der Waals surface area contributed by atoms with Crippen LogP contribution >= 0.6 is 11.3 Å². The summed E-state index contributed by atoms with van der Waals surface area (Å²) in [5.41, 5.74) is 6.52. The molecule has 5 nitrogen and oxygen atoms in total. The summed E-state index contributed by atoms with van der Waals surface area (Å²) in [4.78, 5) is 18.1. The molecule has 6 heteroatoms. The number of carbonyl (C=O) groups excluding carboxylic acids is 1. The molecule has 4 aromatic rings. The van der Waals surface area contributed by atoms with E-state index in [2.05, 4.69) is 37.4 Å². The molecule has 0 unspecified atom stereocenters. The third-order valence-electron chi connectivity index (χ3n) is 5.08. The number of methoxy groups -OCH3 is 1. The molecule has 2 aromatic heterocycles. The standard InChI is InChI=1S/C23H23N3O2S/c1-15-4-7-18(10-16(15)2)21-13-26-19(14-29-23(26)25-21)11-22(27)24-12-17-5-8-20(28-3)9-6-17/h4-10,13-14H,11-12H2,1-3H3,(H,24,27). The van der Waals surface area contributed by atoms with Gasteiger partial charge in [-0.25, -0.2) is 4.98 Å². The van der Waals surface area contributed by atoms with Crippen LogP contribution in [0.15, 0.2) is 54.0 Å². The molecular weight excluding hydrogens is 382 g/mol. The highest BCUT2D eigenvalue weighted by molar-refractivity contribution is 7.15. The zero-order chi connectivity index (χ0) is 20.4. The fraction of sp³-hybridized carbons (Fsp3) is 0.217. The van der Waals surface area contributed by atoms with E-state index in [0.29, 0.717) is 13.0 Å². The van der Waals surface area contributed by atoms with Crippen LogP contribution < -0.4 is 10.1 Å². The molecule has 0 saturated heterocycles. The lowest BCUT2D eigenvalue weighted by Gasteiger charge is -2.06. The van der Waals surface area contributed by atoms with Gasteiger partial charge in [0.2, 0.25) is 5.91 Å². The summed E-state index contributed by atoms with van der Waals surface area (Å²) in [6.45, 7) is 4.71. The van der Waals surface area contributed by atoms with Gasteiger partial charge in [-0.15, -0.1) is 11.3 Å². The number of amides is 1. The van der Waals surface area contributed by atoms with E-state index in [1.165, 1.54) is 11.1 Å². The van der Waals surface area contributed by atoms with Gasteiger partial charge >= 0.3 is 0 Å². The van der Waals surface area contributed by atoms with Gasteiger partial charge in [0.25, 0.3) is 0 Å². The normalized spacial score (nSPS) is 11.0. The molecule has 0 spiro atoms. The Balaban J connectivity index is 1.45. The fourth-order valence-electron chi connectivity index (χ4n) is 3.17. The number of thiazole rings is 1. The number of fused-ring (bicyclic) bond motifs is 1. The Morgan fingerprint density at radius 2 is 1.93 bits per heavy atom. The molecule has 0 saturated carbocycles. The third-order valence-corrected chi connectivity index (χ3v) is 5.97. The molecule has 0 aliphatic carbocycles. The van der Waals surface area contributed by atoms with Crippen LogP contribution in [0.25, 0.3) is 16.2 Å². The summed E-state index contributed by atoms with van der Waals surface area (Å²) >= 11 is 1.56. The Morgan fingerprint density at radius 1 is 1.14 bits per heavy atom. The number of imidazole rings is 1. The second kappa shape index (κ2) is 8.09. The molecule has 2 aromatic carbocycles. The quantitative estimate of drug-likeness (QED) is 0.512. The van der Waals surface area contributed by atoms with Gasteiger partial charge in [-0.05, 0) is 48.7 Å². The van der Waals surface area contributed by atoms with E-state index in [9.17, 15) is 4.79 Å². The molecule has 0 aliphatic rings. The average Bonchev–Trinajstić information content (AvgIpc) is 3.31. The van der Waals surface area contributed by atoms with Crippen molar-refractivity contribution in [2.45, 2.75) is 26.8 Å². The van der Waals surface area contributed by atoms with Crippen molar-refractivity contribution in [2.24, 2.45) is 0 Å². The largest absolute Gasteiger partial charge is 0.497 e. The van der Waals surface area contributed by atoms with Gasteiger partial charge in [0.1, 0.15) is 5.75 Å². The minimum Gasteiger partial charge on any atom is -0.497 e. The average molecular weight is 406 g/mol. The van der Waals surface area contributed by atoms with Gasteiger partial charge in [-0.1, -0.05) is 24.3 Å². The number of hydrogen-bond acceptors (Lipinski definition) is 4. The molecular formula is C23H23N3O2S. The lowest BCUT2D eigenvalue weighted by molar-refractivity contribution is -0.120. The SMILES string of the molecule is COc1ccc(CNC(=O)Cc2csc3nc(-c4ccc(C)c(C)c4)cn23)cc1. The molecule has 29 heavy (non-hydrogen) atoms. The van der Waals surface area contributed by atoms with E-state index in [-0.39, 0.29) is 5.91 Å². The number of benzene rings is 2. The lowest BCUT2D eigenvalue weighted by atomic mass is 10.0. The number of nitrogens with one attached hydrogen (secondary N) is 1. The molecule has 148 valence electrons. The molecule has 0 radical (unpaired) electrons. The number of ether oxygens (including phenoxy) is 1. The lowest BCUT2D eigenvalue weighted by Crippen LogP contribution is -2.24. The second-order valence-corrected chi connectivity index (χ2v) is 7.94. The molecule has 1 amide bonds. The maximum absolute atomic E-state index is 12.4. The van der Waals surface area contributed by atoms with E-state index in [0.717, 1.165) is 33.2 Å². The number of rotatable bonds is 6. The highest BCUT2D eigenvalue weighted by Gasteiger charge is 2.13. The van der Waals surface area contributed by atoms with E-state index in [1.807, 2.05) is 40.2 Å². The third kappa shape index (κ3) is 4.17. The van der Waals surface area contributed by atoms with Crippen molar-refractivity contribution in [1.82, 2.24) is 14.7 Å². The Labute approximate surface area is 174 Å². The maximum atomic E-state index is 12.4. The van der Waals surface area contributed by atoms with Crippen molar-refractivity contribution in [3.05, 3.63) is 76.4 Å². The Kier molecular flexibility index (Phi) is 5.36. The topological polar surface area (TPSA) is 55.6 Å². The van der Waals surface area contributed by atoms with Crippen LogP contribution in [0.5, 0.6) is 5.75 Å². The van der Waals surface area contributed by atoms with Crippen molar-refractivity contribution in [3.8, 4) is 17.0 Å². The van der Waals surface area contributed by atoms with Crippen LogP contribution in [0, 0.1) is 13.8 Å². The number of carbonyl (C=O) groups is 1. The first kappa shape index (κ1) is 19.2. The number of aromatic nitrogens is 2. The summed E-state index contributed by atoms with van der Waals surface area (Å²) in [7, 11) is 1.64. The molecule has 1 N–H and O–H groups in total. The summed E-state index contributed by atoms with van der Waals surface area (Å²) in [6.07, 6.45) is 2.33. The van der Waals surface area contributed by atoms with Gasteiger partial charge in [0.05, 0.1) is 19.2 Å². The van der Waals surface area contributed by atoms with E-state index < -0.39 is 0 Å². The zero-order valence-electron chi connectivity index (χ0n) is 16.7. The van der Waals surface area contributed by atoms with Crippen molar-refractivity contribution < 1.29 is 9.53 Å². The minimum atomic E-state index is -0.0121. The Bertz CT molecular complexity index is 1160. The summed E-state index contributed by atoms with van der Waals surface area (Å²) in [6, 6.07) is 14.1. The summed E-state index contributed by atoms with van der Waals surface area (Å²) in [5.74, 6) is 0.794. The fourth-order valence-corrected chi connectivity index (χ4v) is 4.04. The first-order chi connectivity index (χ1) is 14.0. The van der Waals surface area contributed by atoms with Gasteiger partial charge in [0.15, 0.2) is 4.96 Å².